The number of hydrogen-bond acceptors (Lipinski definition) is 3. The SMILES string of the molecule is Cc1cc(N)c(S(=O)(=O)NCC(C2CC2)C2CC2)cc1C. The number of sulfonamides is 1. The summed E-state index contributed by atoms with van der Waals surface area (Å²) in [6.07, 6.45) is 5.03. The van der Waals surface area contributed by atoms with Gasteiger partial charge in [-0.3, -0.25) is 0 Å². The standard InChI is InChI=1S/C16H24N2O2S/c1-10-7-15(17)16(8-11(10)2)21(19,20)18-9-14(12-3-4-12)13-5-6-13/h7-8,12-14,18H,3-6,9,17H2,1-2H3. The highest BCUT2D eigenvalue weighted by Crippen LogP contribution is 2.48. The first-order valence-electron chi connectivity index (χ1n) is 7.75. The monoisotopic (exact) mass is 308 g/mol. The maximum atomic E-state index is 12.5. The van der Waals surface area contributed by atoms with E-state index in [4.69, 9.17) is 5.73 Å². The molecule has 0 aromatic heterocycles. The third kappa shape index (κ3) is 3.24. The molecule has 0 spiro atoms. The fraction of sp³-hybridized carbons (Fsp3) is 0.625. The van der Waals surface area contributed by atoms with Gasteiger partial charge >= 0.3 is 0 Å². The molecule has 0 unspecified atom stereocenters. The van der Waals surface area contributed by atoms with Crippen LogP contribution in [0.25, 0.3) is 0 Å². The van der Waals surface area contributed by atoms with Crippen molar-refractivity contribution in [2.24, 2.45) is 17.8 Å². The van der Waals surface area contributed by atoms with Gasteiger partial charge in [0.25, 0.3) is 0 Å². The first-order valence-corrected chi connectivity index (χ1v) is 9.23. The molecule has 21 heavy (non-hydrogen) atoms. The van der Waals surface area contributed by atoms with Gasteiger partial charge in [-0.15, -0.1) is 0 Å². The van der Waals surface area contributed by atoms with E-state index in [1.165, 1.54) is 25.7 Å². The Balaban J connectivity index is 1.75. The van der Waals surface area contributed by atoms with Crippen molar-refractivity contribution < 1.29 is 8.42 Å². The molecule has 4 nitrogen and oxygen atoms in total. The first-order chi connectivity index (χ1) is 9.88. The van der Waals surface area contributed by atoms with Crippen molar-refractivity contribution in [2.45, 2.75) is 44.4 Å². The van der Waals surface area contributed by atoms with Crippen LogP contribution in [0.4, 0.5) is 5.69 Å². The maximum Gasteiger partial charge on any atom is 0.242 e. The molecule has 116 valence electrons. The van der Waals surface area contributed by atoms with Gasteiger partial charge in [0.1, 0.15) is 4.90 Å². The molecular formula is C16H24N2O2S. The number of nitrogen functional groups attached to an aromatic ring is 1. The number of rotatable bonds is 6. The van der Waals surface area contributed by atoms with E-state index < -0.39 is 10.0 Å². The lowest BCUT2D eigenvalue weighted by molar-refractivity contribution is 0.401. The zero-order valence-electron chi connectivity index (χ0n) is 12.7. The van der Waals surface area contributed by atoms with Gasteiger partial charge in [-0.1, -0.05) is 0 Å². The fourth-order valence-electron chi connectivity index (χ4n) is 3.10. The van der Waals surface area contributed by atoms with Gasteiger partial charge in [-0.25, -0.2) is 13.1 Å². The van der Waals surface area contributed by atoms with Crippen molar-refractivity contribution in [3.8, 4) is 0 Å². The molecule has 1 aromatic carbocycles. The van der Waals surface area contributed by atoms with Crippen LogP contribution in [0.5, 0.6) is 0 Å². The Kier molecular flexibility index (Phi) is 3.74. The van der Waals surface area contributed by atoms with Crippen LogP contribution in [-0.4, -0.2) is 15.0 Å². The van der Waals surface area contributed by atoms with Crippen molar-refractivity contribution >= 4 is 15.7 Å². The predicted octanol–water partition coefficient (Wildman–Crippen LogP) is 2.60. The average molecular weight is 308 g/mol. The van der Waals surface area contributed by atoms with Gasteiger partial charge in [-0.05, 0) is 80.5 Å². The zero-order valence-corrected chi connectivity index (χ0v) is 13.5. The average Bonchev–Trinajstić information content (AvgIpc) is 3.25. The maximum absolute atomic E-state index is 12.5. The Labute approximate surface area is 127 Å². The lowest BCUT2D eigenvalue weighted by Gasteiger charge is -2.17. The summed E-state index contributed by atoms with van der Waals surface area (Å²) in [6.45, 7) is 4.40. The van der Waals surface area contributed by atoms with Crippen LogP contribution in [0.1, 0.15) is 36.8 Å². The van der Waals surface area contributed by atoms with E-state index in [1.54, 1.807) is 12.1 Å². The second-order valence-electron chi connectivity index (χ2n) is 6.66. The number of nitrogens with two attached hydrogens (primary N) is 1. The first kappa shape index (κ1) is 14.9. The van der Waals surface area contributed by atoms with E-state index in [0.29, 0.717) is 18.2 Å². The Morgan fingerprint density at radius 1 is 1.14 bits per heavy atom. The highest BCUT2D eigenvalue weighted by molar-refractivity contribution is 7.89. The van der Waals surface area contributed by atoms with Crippen molar-refractivity contribution in [3.63, 3.8) is 0 Å². The van der Waals surface area contributed by atoms with Gasteiger partial charge in [0.2, 0.25) is 10.0 Å². The summed E-state index contributed by atoms with van der Waals surface area (Å²) in [7, 11) is -3.51. The second kappa shape index (κ2) is 5.29. The van der Waals surface area contributed by atoms with Crippen LogP contribution in [0.15, 0.2) is 17.0 Å². The summed E-state index contributed by atoms with van der Waals surface area (Å²) in [5.41, 5.74) is 8.20. The molecule has 2 aliphatic carbocycles. The molecule has 3 N–H and O–H groups in total. The summed E-state index contributed by atoms with van der Waals surface area (Å²) in [5.74, 6) is 1.99. The van der Waals surface area contributed by atoms with Crippen molar-refractivity contribution in [2.75, 3.05) is 12.3 Å². The smallest absolute Gasteiger partial charge is 0.242 e. The summed E-state index contributed by atoms with van der Waals surface area (Å²) in [4.78, 5) is 0.218. The predicted molar refractivity (Wildman–Crippen MR) is 84.5 cm³/mol. The lowest BCUT2D eigenvalue weighted by Crippen LogP contribution is -2.31. The van der Waals surface area contributed by atoms with Gasteiger partial charge in [0.05, 0.1) is 5.69 Å². The Hall–Kier alpha value is -1.07. The van der Waals surface area contributed by atoms with Crippen molar-refractivity contribution in [3.05, 3.63) is 23.3 Å². The van der Waals surface area contributed by atoms with E-state index in [2.05, 4.69) is 4.72 Å². The molecule has 0 radical (unpaired) electrons. The summed E-state index contributed by atoms with van der Waals surface area (Å²) in [6, 6.07) is 3.42. The van der Waals surface area contributed by atoms with E-state index in [9.17, 15) is 8.42 Å². The van der Waals surface area contributed by atoms with E-state index >= 15 is 0 Å². The fourth-order valence-corrected chi connectivity index (χ4v) is 4.36. The van der Waals surface area contributed by atoms with Crippen LogP contribution in [0.2, 0.25) is 0 Å². The third-order valence-electron chi connectivity index (χ3n) is 4.88. The number of aryl methyl sites for hydroxylation is 2. The Bertz CT molecular complexity index is 634. The molecule has 0 heterocycles. The molecule has 5 heteroatoms. The quantitative estimate of drug-likeness (QED) is 0.793. The number of hydrogen-bond donors (Lipinski definition) is 2. The minimum atomic E-state index is -3.51. The summed E-state index contributed by atoms with van der Waals surface area (Å²) < 4.78 is 27.8. The molecule has 1 aromatic rings. The van der Waals surface area contributed by atoms with Crippen LogP contribution in [-0.2, 0) is 10.0 Å². The molecule has 0 bridgehead atoms. The van der Waals surface area contributed by atoms with E-state index in [0.717, 1.165) is 23.0 Å². The largest absolute Gasteiger partial charge is 0.398 e. The molecular weight excluding hydrogens is 284 g/mol. The minimum Gasteiger partial charge on any atom is -0.398 e. The number of anilines is 1. The topological polar surface area (TPSA) is 72.2 Å². The molecule has 0 atom stereocenters. The van der Waals surface area contributed by atoms with Crippen LogP contribution >= 0.6 is 0 Å². The number of nitrogens with one attached hydrogen (secondary N) is 1. The van der Waals surface area contributed by atoms with Gasteiger partial charge in [0.15, 0.2) is 0 Å². The zero-order chi connectivity index (χ0) is 15.2. The van der Waals surface area contributed by atoms with Gasteiger partial charge in [-0.2, -0.15) is 0 Å². The summed E-state index contributed by atoms with van der Waals surface area (Å²) >= 11 is 0. The Morgan fingerprint density at radius 3 is 2.19 bits per heavy atom. The van der Waals surface area contributed by atoms with Crippen LogP contribution in [0.3, 0.4) is 0 Å². The second-order valence-corrected chi connectivity index (χ2v) is 8.40. The lowest BCUT2D eigenvalue weighted by atomic mass is 9.99. The van der Waals surface area contributed by atoms with Crippen LogP contribution < -0.4 is 10.5 Å². The minimum absolute atomic E-state index is 0.218. The van der Waals surface area contributed by atoms with E-state index in [1.807, 2.05) is 13.8 Å². The highest BCUT2D eigenvalue weighted by Gasteiger charge is 2.41. The third-order valence-corrected chi connectivity index (χ3v) is 6.36. The van der Waals surface area contributed by atoms with Crippen molar-refractivity contribution in [1.29, 1.82) is 0 Å². The molecule has 0 amide bonds. The van der Waals surface area contributed by atoms with E-state index in [-0.39, 0.29) is 4.90 Å². The summed E-state index contributed by atoms with van der Waals surface area (Å²) in [5, 5.41) is 0. The van der Waals surface area contributed by atoms with Crippen LogP contribution in [0, 0.1) is 31.6 Å². The van der Waals surface area contributed by atoms with Crippen molar-refractivity contribution in [1.82, 2.24) is 4.72 Å². The normalized spacial score (nSPS) is 19.2. The molecule has 0 aliphatic heterocycles. The van der Waals surface area contributed by atoms with Gasteiger partial charge < -0.3 is 5.73 Å². The molecule has 3 rings (SSSR count). The number of benzene rings is 1. The highest BCUT2D eigenvalue weighted by atomic mass is 32.2. The molecule has 2 aliphatic rings. The molecule has 2 fully saturated rings. The molecule has 2 saturated carbocycles. The Morgan fingerprint density at radius 2 is 1.67 bits per heavy atom. The van der Waals surface area contributed by atoms with Gasteiger partial charge in [0, 0.05) is 6.54 Å². The molecule has 0 saturated heterocycles.